The van der Waals surface area contributed by atoms with Crippen molar-refractivity contribution in [1.82, 2.24) is 4.98 Å². The standard InChI is InChI=1S/C14H12ClN3O.ClH/c15-13-3-1-2-12(18-13)14(19)17-10-4-5-11-9(8-10)6-7-16-11;/h1-5,8,16H,6-7H2,(H,17,19);1H. The number of carbonyl (C=O) groups is 1. The lowest BCUT2D eigenvalue weighted by Crippen LogP contribution is -2.13. The average molecular weight is 310 g/mol. The number of halogens is 2. The van der Waals surface area contributed by atoms with Gasteiger partial charge in [-0.3, -0.25) is 4.79 Å². The lowest BCUT2D eigenvalue weighted by Gasteiger charge is -2.07. The Balaban J connectivity index is 0.00000147. The van der Waals surface area contributed by atoms with Crippen molar-refractivity contribution in [2.75, 3.05) is 17.2 Å². The van der Waals surface area contributed by atoms with Crippen molar-refractivity contribution in [2.24, 2.45) is 0 Å². The van der Waals surface area contributed by atoms with Gasteiger partial charge in [0.1, 0.15) is 10.8 Å². The Hall–Kier alpha value is -1.78. The second kappa shape index (κ2) is 6.11. The maximum Gasteiger partial charge on any atom is 0.274 e. The van der Waals surface area contributed by atoms with E-state index in [0.717, 1.165) is 24.3 Å². The number of benzene rings is 1. The first kappa shape index (κ1) is 14.6. The minimum Gasteiger partial charge on any atom is -0.384 e. The third kappa shape index (κ3) is 3.03. The summed E-state index contributed by atoms with van der Waals surface area (Å²) in [6.45, 7) is 0.947. The van der Waals surface area contributed by atoms with E-state index in [4.69, 9.17) is 11.6 Å². The molecule has 2 aromatic rings. The Kier molecular flexibility index (Phi) is 4.47. The van der Waals surface area contributed by atoms with Gasteiger partial charge in [0.05, 0.1) is 0 Å². The molecular formula is C14H13Cl2N3O. The summed E-state index contributed by atoms with van der Waals surface area (Å²) in [6.07, 6.45) is 0.981. The van der Waals surface area contributed by atoms with Gasteiger partial charge in [-0.1, -0.05) is 17.7 Å². The van der Waals surface area contributed by atoms with Crippen LogP contribution in [0, 0.1) is 0 Å². The number of amides is 1. The zero-order valence-corrected chi connectivity index (χ0v) is 12.1. The highest BCUT2D eigenvalue weighted by atomic mass is 35.5. The maximum absolute atomic E-state index is 12.0. The first-order valence-corrected chi connectivity index (χ1v) is 6.41. The van der Waals surface area contributed by atoms with Gasteiger partial charge in [-0.05, 0) is 42.3 Å². The quantitative estimate of drug-likeness (QED) is 0.836. The highest BCUT2D eigenvalue weighted by Gasteiger charge is 2.12. The molecule has 0 unspecified atom stereocenters. The summed E-state index contributed by atoms with van der Waals surface area (Å²) in [5.74, 6) is -0.256. The third-order valence-corrected chi connectivity index (χ3v) is 3.23. The summed E-state index contributed by atoms with van der Waals surface area (Å²) in [7, 11) is 0. The van der Waals surface area contributed by atoms with Crippen LogP contribution >= 0.6 is 24.0 Å². The topological polar surface area (TPSA) is 54.0 Å². The minimum absolute atomic E-state index is 0. The summed E-state index contributed by atoms with van der Waals surface area (Å²) in [5.41, 5.74) is 3.44. The molecule has 0 saturated carbocycles. The van der Waals surface area contributed by atoms with Gasteiger partial charge in [-0.2, -0.15) is 0 Å². The number of anilines is 2. The van der Waals surface area contributed by atoms with Crippen LogP contribution in [-0.4, -0.2) is 17.4 Å². The van der Waals surface area contributed by atoms with Crippen LogP contribution in [0.3, 0.4) is 0 Å². The highest BCUT2D eigenvalue weighted by molar-refractivity contribution is 6.29. The molecule has 0 aliphatic carbocycles. The fourth-order valence-electron chi connectivity index (χ4n) is 2.11. The van der Waals surface area contributed by atoms with Crippen LogP contribution in [0.5, 0.6) is 0 Å². The molecule has 20 heavy (non-hydrogen) atoms. The smallest absolute Gasteiger partial charge is 0.274 e. The van der Waals surface area contributed by atoms with Crippen molar-refractivity contribution in [3.05, 3.63) is 52.8 Å². The lowest BCUT2D eigenvalue weighted by atomic mass is 10.1. The highest BCUT2D eigenvalue weighted by Crippen LogP contribution is 2.25. The number of rotatable bonds is 2. The number of aromatic nitrogens is 1. The summed E-state index contributed by atoms with van der Waals surface area (Å²) in [5, 5.41) is 6.42. The van der Waals surface area contributed by atoms with E-state index in [2.05, 4.69) is 15.6 Å². The number of hydrogen-bond acceptors (Lipinski definition) is 3. The molecular weight excluding hydrogens is 297 g/mol. The SMILES string of the molecule is Cl.O=C(Nc1ccc2c(c1)CCN2)c1cccc(Cl)n1. The lowest BCUT2D eigenvalue weighted by molar-refractivity contribution is 0.102. The molecule has 0 atom stereocenters. The molecule has 0 spiro atoms. The van der Waals surface area contributed by atoms with E-state index in [1.165, 1.54) is 5.56 Å². The fraction of sp³-hybridized carbons (Fsp3) is 0.143. The minimum atomic E-state index is -0.256. The van der Waals surface area contributed by atoms with E-state index < -0.39 is 0 Å². The molecule has 0 fully saturated rings. The fourth-order valence-corrected chi connectivity index (χ4v) is 2.28. The molecule has 3 rings (SSSR count). The van der Waals surface area contributed by atoms with Gasteiger partial charge in [-0.15, -0.1) is 12.4 Å². The van der Waals surface area contributed by atoms with Gasteiger partial charge < -0.3 is 10.6 Å². The predicted molar refractivity (Wildman–Crippen MR) is 83.1 cm³/mol. The largest absolute Gasteiger partial charge is 0.384 e. The van der Waals surface area contributed by atoms with Gasteiger partial charge in [0.15, 0.2) is 0 Å². The number of fused-ring (bicyclic) bond motifs is 1. The second-order valence-corrected chi connectivity index (χ2v) is 4.74. The first-order chi connectivity index (χ1) is 9.22. The van der Waals surface area contributed by atoms with Crippen LogP contribution in [0.15, 0.2) is 36.4 Å². The zero-order chi connectivity index (χ0) is 13.2. The number of hydrogen-bond donors (Lipinski definition) is 2. The number of carbonyl (C=O) groups excluding carboxylic acids is 1. The van der Waals surface area contributed by atoms with E-state index in [1.807, 2.05) is 18.2 Å². The van der Waals surface area contributed by atoms with E-state index in [9.17, 15) is 4.79 Å². The molecule has 2 heterocycles. The van der Waals surface area contributed by atoms with Crippen molar-refractivity contribution in [3.63, 3.8) is 0 Å². The van der Waals surface area contributed by atoms with Gasteiger partial charge in [0.25, 0.3) is 5.91 Å². The van der Waals surface area contributed by atoms with E-state index in [-0.39, 0.29) is 18.3 Å². The van der Waals surface area contributed by atoms with Crippen LogP contribution in [-0.2, 0) is 6.42 Å². The molecule has 0 radical (unpaired) electrons. The molecule has 1 aromatic carbocycles. The molecule has 1 aliphatic heterocycles. The Morgan fingerprint density at radius 2 is 2.15 bits per heavy atom. The maximum atomic E-state index is 12.0. The predicted octanol–water partition coefficient (Wildman–Crippen LogP) is 3.38. The van der Waals surface area contributed by atoms with Gasteiger partial charge in [0.2, 0.25) is 0 Å². The second-order valence-electron chi connectivity index (χ2n) is 4.35. The van der Waals surface area contributed by atoms with Crippen LogP contribution in [0.4, 0.5) is 11.4 Å². The summed E-state index contributed by atoms with van der Waals surface area (Å²) < 4.78 is 0. The van der Waals surface area contributed by atoms with E-state index in [0.29, 0.717) is 10.8 Å². The molecule has 1 amide bonds. The molecule has 1 aromatic heterocycles. The monoisotopic (exact) mass is 309 g/mol. The Labute approximate surface area is 128 Å². The van der Waals surface area contributed by atoms with Crippen LogP contribution < -0.4 is 10.6 Å². The molecule has 0 saturated heterocycles. The first-order valence-electron chi connectivity index (χ1n) is 6.03. The Bertz CT molecular complexity index is 646. The molecule has 6 heteroatoms. The van der Waals surface area contributed by atoms with Gasteiger partial charge in [-0.25, -0.2) is 4.98 Å². The number of pyridine rings is 1. The van der Waals surface area contributed by atoms with Crippen LogP contribution in [0.1, 0.15) is 16.1 Å². The van der Waals surface area contributed by atoms with Crippen molar-refractivity contribution in [3.8, 4) is 0 Å². The Morgan fingerprint density at radius 1 is 1.30 bits per heavy atom. The van der Waals surface area contributed by atoms with Crippen molar-refractivity contribution >= 4 is 41.3 Å². The van der Waals surface area contributed by atoms with E-state index in [1.54, 1.807) is 18.2 Å². The molecule has 2 N–H and O–H groups in total. The van der Waals surface area contributed by atoms with Crippen molar-refractivity contribution < 1.29 is 4.79 Å². The summed E-state index contributed by atoms with van der Waals surface area (Å²) >= 11 is 5.77. The Morgan fingerprint density at radius 3 is 2.95 bits per heavy atom. The zero-order valence-electron chi connectivity index (χ0n) is 10.5. The van der Waals surface area contributed by atoms with Gasteiger partial charge >= 0.3 is 0 Å². The molecule has 1 aliphatic rings. The average Bonchev–Trinajstić information content (AvgIpc) is 2.86. The van der Waals surface area contributed by atoms with Gasteiger partial charge in [0, 0.05) is 17.9 Å². The molecule has 0 bridgehead atoms. The number of nitrogens with one attached hydrogen (secondary N) is 2. The molecule has 104 valence electrons. The van der Waals surface area contributed by atoms with Crippen molar-refractivity contribution in [1.29, 1.82) is 0 Å². The van der Waals surface area contributed by atoms with Crippen LogP contribution in [0.25, 0.3) is 0 Å². The summed E-state index contributed by atoms with van der Waals surface area (Å²) in [6, 6.07) is 10.8. The normalized spacial score (nSPS) is 12.1. The number of nitrogens with zero attached hydrogens (tertiary/aromatic N) is 1. The third-order valence-electron chi connectivity index (χ3n) is 3.02. The molecule has 4 nitrogen and oxygen atoms in total. The van der Waals surface area contributed by atoms with Crippen molar-refractivity contribution in [2.45, 2.75) is 6.42 Å². The summed E-state index contributed by atoms with van der Waals surface area (Å²) in [4.78, 5) is 16.0. The van der Waals surface area contributed by atoms with Crippen LogP contribution in [0.2, 0.25) is 5.15 Å². The van der Waals surface area contributed by atoms with E-state index >= 15 is 0 Å².